The van der Waals surface area contributed by atoms with Crippen molar-refractivity contribution in [3.05, 3.63) is 54.9 Å². The third kappa shape index (κ3) is 5.65. The molecule has 1 aromatic carbocycles. The predicted molar refractivity (Wildman–Crippen MR) is 123 cm³/mol. The smallest absolute Gasteiger partial charge is 0.342 e. The van der Waals surface area contributed by atoms with Crippen LogP contribution in [0.2, 0.25) is 0 Å². The minimum atomic E-state index is -3.83. The van der Waals surface area contributed by atoms with Crippen molar-refractivity contribution in [3.63, 3.8) is 0 Å². The molecule has 1 aliphatic rings. The number of para-hydroxylation sites is 1. The van der Waals surface area contributed by atoms with Crippen LogP contribution in [-0.4, -0.2) is 50.8 Å². The van der Waals surface area contributed by atoms with E-state index in [0.717, 1.165) is 6.08 Å². The van der Waals surface area contributed by atoms with Crippen molar-refractivity contribution in [1.82, 2.24) is 24.6 Å². The van der Waals surface area contributed by atoms with Crippen molar-refractivity contribution in [2.45, 2.75) is 32.4 Å². The second kappa shape index (κ2) is 10.5. The average molecular weight is 506 g/mol. The number of ether oxygens (including phenoxy) is 3. The number of hydrogen-bond donors (Lipinski definition) is 2. The van der Waals surface area contributed by atoms with E-state index in [0.29, 0.717) is 5.52 Å². The highest BCUT2D eigenvalue weighted by Gasteiger charge is 2.36. The molecule has 0 amide bonds. The lowest BCUT2D eigenvalue weighted by atomic mass is 10.3. The maximum absolute atomic E-state index is 14.8. The normalized spacial score (nSPS) is 20.3. The quantitative estimate of drug-likeness (QED) is 0.308. The van der Waals surface area contributed by atoms with E-state index in [9.17, 15) is 13.8 Å². The molecule has 0 saturated heterocycles. The summed E-state index contributed by atoms with van der Waals surface area (Å²) in [6.45, 7) is 3.30. The lowest BCUT2D eigenvalue weighted by Gasteiger charge is -2.24. The van der Waals surface area contributed by atoms with Gasteiger partial charge in [-0.2, -0.15) is 0 Å². The van der Waals surface area contributed by atoms with Gasteiger partial charge in [-0.05, 0) is 26.0 Å². The zero-order valence-electron chi connectivity index (χ0n) is 18.9. The van der Waals surface area contributed by atoms with Crippen LogP contribution in [-0.2, 0) is 23.6 Å². The van der Waals surface area contributed by atoms with E-state index in [1.807, 2.05) is 0 Å². The number of rotatable bonds is 10. The summed E-state index contributed by atoms with van der Waals surface area (Å²) in [5.41, 5.74) is 6.35. The molecule has 4 atom stereocenters. The Labute approximate surface area is 199 Å². The molecular formula is C21H24FN6O6P. The Hall–Kier alpha value is -3.38. The Morgan fingerprint density at radius 1 is 1.31 bits per heavy atom. The monoisotopic (exact) mass is 506 g/mol. The number of anilines is 1. The van der Waals surface area contributed by atoms with Crippen LogP contribution in [0.25, 0.3) is 11.2 Å². The Kier molecular flexibility index (Phi) is 7.41. The molecular weight excluding hydrogens is 482 g/mol. The first-order valence-corrected chi connectivity index (χ1v) is 12.5. The summed E-state index contributed by atoms with van der Waals surface area (Å²) in [7, 11) is -3.83. The lowest BCUT2D eigenvalue weighted by Crippen LogP contribution is -2.36. The van der Waals surface area contributed by atoms with Crippen molar-refractivity contribution < 1.29 is 32.5 Å². The van der Waals surface area contributed by atoms with Crippen LogP contribution in [0, 0.1) is 0 Å². The number of nitrogens with two attached hydrogens (primary N) is 1. The topological polar surface area (TPSA) is 153 Å². The first-order chi connectivity index (χ1) is 16.8. The first kappa shape index (κ1) is 24.7. The molecule has 12 nitrogen and oxygen atoms in total. The minimum Gasteiger partial charge on any atom is -0.465 e. The van der Waals surface area contributed by atoms with Gasteiger partial charge in [-0.3, -0.25) is 13.9 Å². The van der Waals surface area contributed by atoms with Gasteiger partial charge < -0.3 is 24.5 Å². The number of nitrogens with zero attached hydrogens (tertiary/aromatic N) is 4. The zero-order chi connectivity index (χ0) is 25.0. The third-order valence-electron chi connectivity index (χ3n) is 4.87. The molecule has 0 saturated carbocycles. The van der Waals surface area contributed by atoms with Crippen molar-refractivity contribution in [2.75, 3.05) is 18.7 Å². The highest BCUT2D eigenvalue weighted by atomic mass is 31.2. The molecule has 186 valence electrons. The Balaban J connectivity index is 1.47. The fourth-order valence-corrected chi connectivity index (χ4v) is 4.98. The number of imidazole rings is 1. The Morgan fingerprint density at radius 2 is 2.09 bits per heavy atom. The van der Waals surface area contributed by atoms with E-state index in [4.69, 9.17) is 24.5 Å². The van der Waals surface area contributed by atoms with Crippen LogP contribution in [0.1, 0.15) is 20.1 Å². The molecule has 35 heavy (non-hydrogen) atoms. The fraction of sp³-hybridized carbons (Fsp3) is 0.333. The van der Waals surface area contributed by atoms with E-state index >= 15 is 0 Å². The second-order valence-corrected chi connectivity index (χ2v) is 9.51. The molecule has 4 rings (SSSR count). The van der Waals surface area contributed by atoms with E-state index < -0.39 is 44.2 Å². The van der Waals surface area contributed by atoms with E-state index in [-0.39, 0.29) is 23.8 Å². The zero-order valence-corrected chi connectivity index (χ0v) is 19.8. The van der Waals surface area contributed by atoms with E-state index in [1.165, 1.54) is 24.1 Å². The summed E-state index contributed by atoms with van der Waals surface area (Å²) < 4.78 is 51.5. The van der Waals surface area contributed by atoms with Gasteiger partial charge in [0.15, 0.2) is 36.2 Å². The molecule has 2 aromatic heterocycles. The molecule has 3 aromatic rings. The second-order valence-electron chi connectivity index (χ2n) is 7.47. The van der Waals surface area contributed by atoms with Crippen LogP contribution in [0.5, 0.6) is 5.75 Å². The number of halogens is 1. The van der Waals surface area contributed by atoms with Crippen LogP contribution >= 0.6 is 7.52 Å². The summed E-state index contributed by atoms with van der Waals surface area (Å²) >= 11 is 0. The van der Waals surface area contributed by atoms with Gasteiger partial charge in [0.1, 0.15) is 23.6 Å². The Morgan fingerprint density at radius 3 is 2.83 bits per heavy atom. The van der Waals surface area contributed by atoms with Gasteiger partial charge in [-0.1, -0.05) is 18.2 Å². The SMILES string of the molecule is CCOC(=O)C(C)NP(=O)(CO[C@@H]1C=C(F)C(n2cnc3c(N)ncnc32)O1)Oc1ccccc1. The summed E-state index contributed by atoms with van der Waals surface area (Å²) in [6.07, 6.45) is 0.676. The van der Waals surface area contributed by atoms with Gasteiger partial charge in [-0.15, -0.1) is 0 Å². The van der Waals surface area contributed by atoms with Gasteiger partial charge in [0.2, 0.25) is 0 Å². The van der Waals surface area contributed by atoms with Gasteiger partial charge >= 0.3 is 13.5 Å². The number of carbonyl (C=O) groups excluding carboxylic acids is 1. The molecule has 0 radical (unpaired) electrons. The van der Waals surface area contributed by atoms with Gasteiger partial charge in [0.05, 0.1) is 12.9 Å². The van der Waals surface area contributed by atoms with E-state index in [1.54, 1.807) is 37.3 Å². The average Bonchev–Trinajstić information content (AvgIpc) is 3.42. The molecule has 0 bridgehead atoms. The van der Waals surface area contributed by atoms with Crippen LogP contribution in [0.4, 0.5) is 10.2 Å². The highest BCUT2D eigenvalue weighted by molar-refractivity contribution is 7.57. The molecule has 0 aliphatic carbocycles. The fourth-order valence-electron chi connectivity index (χ4n) is 3.30. The first-order valence-electron chi connectivity index (χ1n) is 10.6. The minimum absolute atomic E-state index is 0.143. The van der Waals surface area contributed by atoms with Gasteiger partial charge in [0.25, 0.3) is 0 Å². The number of esters is 1. The van der Waals surface area contributed by atoms with Crippen LogP contribution in [0.3, 0.4) is 0 Å². The van der Waals surface area contributed by atoms with Crippen molar-refractivity contribution in [2.24, 2.45) is 0 Å². The van der Waals surface area contributed by atoms with Crippen LogP contribution in [0.15, 0.2) is 54.9 Å². The highest BCUT2D eigenvalue weighted by Crippen LogP contribution is 2.45. The molecule has 14 heteroatoms. The maximum Gasteiger partial charge on any atom is 0.342 e. The molecule has 3 heterocycles. The largest absolute Gasteiger partial charge is 0.465 e. The van der Waals surface area contributed by atoms with Crippen molar-refractivity contribution in [1.29, 1.82) is 0 Å². The molecule has 0 spiro atoms. The van der Waals surface area contributed by atoms with Crippen LogP contribution < -0.4 is 15.3 Å². The number of fused-ring (bicyclic) bond motifs is 1. The number of benzene rings is 1. The van der Waals surface area contributed by atoms with Crippen molar-refractivity contribution >= 4 is 30.5 Å². The lowest BCUT2D eigenvalue weighted by molar-refractivity contribution is -0.144. The van der Waals surface area contributed by atoms with E-state index in [2.05, 4.69) is 20.0 Å². The number of hydrogen-bond acceptors (Lipinski definition) is 10. The molecule has 0 fully saturated rings. The number of aromatic nitrogens is 4. The van der Waals surface area contributed by atoms with Crippen molar-refractivity contribution in [3.8, 4) is 5.75 Å². The van der Waals surface area contributed by atoms with Gasteiger partial charge in [0, 0.05) is 6.08 Å². The number of carbonyl (C=O) groups is 1. The number of nitrogens with one attached hydrogen (secondary N) is 1. The summed E-state index contributed by atoms with van der Waals surface area (Å²) in [5, 5.41) is 2.65. The standard InChI is InChI=1S/C21H24FN6O6P/c1-3-31-21(29)13(2)27-35(30,34-14-7-5-4-6-8-14)12-32-16-9-15(22)20(33-16)28-11-26-17-18(23)24-10-25-19(17)28/h4-11,13,16,20H,3,12H2,1-2H3,(H,27,30)(H2,23,24,25)/t13?,16-,20?,35?/m0/s1. The Bertz CT molecular complexity index is 1270. The number of nitrogen functional groups attached to an aromatic ring is 1. The third-order valence-corrected chi connectivity index (χ3v) is 6.64. The molecule has 3 unspecified atom stereocenters. The molecule has 1 aliphatic heterocycles. The molecule has 3 N–H and O–H groups in total. The summed E-state index contributed by atoms with van der Waals surface area (Å²) in [6, 6.07) is 7.40. The summed E-state index contributed by atoms with van der Waals surface area (Å²) in [5.74, 6) is -0.847. The van der Waals surface area contributed by atoms with Gasteiger partial charge in [-0.25, -0.2) is 24.4 Å². The maximum atomic E-state index is 14.8. The predicted octanol–water partition coefficient (Wildman–Crippen LogP) is 2.90. The summed E-state index contributed by atoms with van der Waals surface area (Å²) in [4.78, 5) is 24.1.